The van der Waals surface area contributed by atoms with E-state index in [1.54, 1.807) is 0 Å². The topological polar surface area (TPSA) is 78.5 Å². The number of fused-ring (bicyclic) bond motifs is 1. The minimum atomic E-state index is -0.861. The van der Waals surface area contributed by atoms with Gasteiger partial charge in [0, 0.05) is 0 Å². The molecule has 2 aliphatic carbocycles. The summed E-state index contributed by atoms with van der Waals surface area (Å²) >= 11 is 0. The first-order valence-corrected chi connectivity index (χ1v) is 11.4. The summed E-state index contributed by atoms with van der Waals surface area (Å²) in [5, 5.41) is 5.92. The molecule has 162 valence electrons. The van der Waals surface area contributed by atoms with Gasteiger partial charge in [-0.05, 0) is 74.0 Å². The average molecular weight is 412 g/mol. The van der Waals surface area contributed by atoms with Crippen LogP contribution in [0.3, 0.4) is 0 Å². The van der Waals surface area contributed by atoms with Gasteiger partial charge in [0.25, 0.3) is 5.91 Å². The number of amides is 4. The van der Waals surface area contributed by atoms with E-state index in [1.807, 2.05) is 20.8 Å². The van der Waals surface area contributed by atoms with Crippen molar-refractivity contribution < 1.29 is 14.4 Å². The largest absolute Gasteiger partial charge is 0.348 e. The molecule has 3 atom stereocenters. The van der Waals surface area contributed by atoms with Gasteiger partial charge >= 0.3 is 6.03 Å². The van der Waals surface area contributed by atoms with E-state index in [0.717, 1.165) is 42.6 Å². The van der Waals surface area contributed by atoms with Crippen LogP contribution in [0.5, 0.6) is 0 Å². The Morgan fingerprint density at radius 2 is 1.80 bits per heavy atom. The van der Waals surface area contributed by atoms with Crippen LogP contribution >= 0.6 is 0 Å². The number of imide groups is 1. The number of hydrogen-bond donors (Lipinski definition) is 2. The maximum atomic E-state index is 13.2. The fraction of sp³-hybridized carbons (Fsp3) is 0.625. The lowest BCUT2D eigenvalue weighted by atomic mass is 9.67. The number of hydrogen-bond acceptors (Lipinski definition) is 3. The Kier molecular flexibility index (Phi) is 5.60. The number of benzene rings is 1. The second-order valence-corrected chi connectivity index (χ2v) is 9.45. The summed E-state index contributed by atoms with van der Waals surface area (Å²) in [5.41, 5.74) is 2.98. The molecule has 6 nitrogen and oxygen atoms in total. The maximum absolute atomic E-state index is 13.2. The molecule has 2 N–H and O–H groups in total. The number of aryl methyl sites for hydroxylation is 2. The molecule has 1 saturated carbocycles. The average Bonchev–Trinajstić information content (AvgIpc) is 2.97. The predicted octanol–water partition coefficient (Wildman–Crippen LogP) is 3.49. The normalized spacial score (nSPS) is 26.3. The molecule has 3 aliphatic rings. The number of rotatable bonds is 4. The molecule has 6 heteroatoms. The minimum Gasteiger partial charge on any atom is -0.348 e. The molecule has 0 bridgehead atoms. The third-order valence-electron chi connectivity index (χ3n) is 7.54. The van der Waals surface area contributed by atoms with Crippen molar-refractivity contribution in [1.29, 1.82) is 0 Å². The van der Waals surface area contributed by atoms with Gasteiger partial charge in [-0.2, -0.15) is 0 Å². The molecule has 4 rings (SSSR count). The van der Waals surface area contributed by atoms with E-state index in [0.29, 0.717) is 0 Å². The Balaban J connectivity index is 1.42. The van der Waals surface area contributed by atoms with E-state index < -0.39 is 11.6 Å². The summed E-state index contributed by atoms with van der Waals surface area (Å²) in [7, 11) is 0. The molecule has 1 aromatic rings. The number of carbonyl (C=O) groups is 3. The highest BCUT2D eigenvalue weighted by Crippen LogP contribution is 2.42. The lowest BCUT2D eigenvalue weighted by Gasteiger charge is -2.42. The molecule has 1 saturated heterocycles. The van der Waals surface area contributed by atoms with E-state index in [-0.39, 0.29) is 36.2 Å². The summed E-state index contributed by atoms with van der Waals surface area (Å²) in [5.74, 6) is -0.416. The van der Waals surface area contributed by atoms with Crippen molar-refractivity contribution in [3.63, 3.8) is 0 Å². The second-order valence-electron chi connectivity index (χ2n) is 9.45. The zero-order chi connectivity index (χ0) is 21.5. The van der Waals surface area contributed by atoms with Gasteiger partial charge in [-0.15, -0.1) is 0 Å². The van der Waals surface area contributed by atoms with Crippen molar-refractivity contribution in [3.05, 3.63) is 34.9 Å². The lowest BCUT2D eigenvalue weighted by Crippen LogP contribution is -2.59. The van der Waals surface area contributed by atoms with Crippen molar-refractivity contribution in [2.45, 2.75) is 77.3 Å². The quantitative estimate of drug-likeness (QED) is 0.745. The number of nitrogens with zero attached hydrogens (tertiary/aromatic N) is 1. The number of nitrogens with one attached hydrogen (secondary N) is 2. The molecule has 0 unspecified atom stereocenters. The monoisotopic (exact) mass is 411 g/mol. The van der Waals surface area contributed by atoms with Gasteiger partial charge in [-0.25, -0.2) is 4.79 Å². The maximum Gasteiger partial charge on any atom is 0.325 e. The Labute approximate surface area is 178 Å². The summed E-state index contributed by atoms with van der Waals surface area (Å²) < 4.78 is 0. The molecule has 0 radical (unpaired) electrons. The van der Waals surface area contributed by atoms with Crippen LogP contribution in [0.25, 0.3) is 0 Å². The van der Waals surface area contributed by atoms with Crippen molar-refractivity contribution >= 4 is 17.8 Å². The fourth-order valence-corrected chi connectivity index (χ4v) is 5.63. The van der Waals surface area contributed by atoms with E-state index in [1.165, 1.54) is 24.0 Å². The van der Waals surface area contributed by atoms with Crippen LogP contribution in [-0.2, 0) is 22.4 Å². The first kappa shape index (κ1) is 20.9. The molecule has 1 aromatic carbocycles. The second kappa shape index (κ2) is 8.05. The van der Waals surface area contributed by atoms with Crippen LogP contribution in [-0.4, -0.2) is 34.8 Å². The number of carbonyl (C=O) groups excluding carboxylic acids is 3. The zero-order valence-electron chi connectivity index (χ0n) is 18.3. The fourth-order valence-electron chi connectivity index (χ4n) is 5.63. The first-order valence-electron chi connectivity index (χ1n) is 11.4. The zero-order valence-corrected chi connectivity index (χ0v) is 18.3. The smallest absolute Gasteiger partial charge is 0.325 e. The van der Waals surface area contributed by atoms with E-state index in [4.69, 9.17) is 0 Å². The van der Waals surface area contributed by atoms with Crippen LogP contribution in [0, 0.1) is 11.8 Å². The van der Waals surface area contributed by atoms with Gasteiger partial charge in [-0.3, -0.25) is 14.5 Å². The molecule has 0 aromatic heterocycles. The summed E-state index contributed by atoms with van der Waals surface area (Å²) in [6, 6.07) is 5.81. The minimum absolute atomic E-state index is 0.0696. The van der Waals surface area contributed by atoms with Crippen LogP contribution in [0.15, 0.2) is 18.2 Å². The number of urea groups is 1. The Bertz CT molecular complexity index is 855. The van der Waals surface area contributed by atoms with Crippen LogP contribution in [0.4, 0.5) is 4.79 Å². The highest BCUT2D eigenvalue weighted by Gasteiger charge is 2.58. The summed E-state index contributed by atoms with van der Waals surface area (Å²) in [4.78, 5) is 39.7. The van der Waals surface area contributed by atoms with Gasteiger partial charge < -0.3 is 10.6 Å². The van der Waals surface area contributed by atoms with Crippen LogP contribution in [0.2, 0.25) is 0 Å². The van der Waals surface area contributed by atoms with Crippen LogP contribution in [0.1, 0.15) is 75.6 Å². The third-order valence-corrected chi connectivity index (χ3v) is 7.54. The molecule has 1 spiro atoms. The molecule has 2 fully saturated rings. The van der Waals surface area contributed by atoms with Crippen molar-refractivity contribution in [1.82, 2.24) is 15.5 Å². The molecule has 4 amide bonds. The Morgan fingerprint density at radius 1 is 1.13 bits per heavy atom. The first-order chi connectivity index (χ1) is 14.3. The van der Waals surface area contributed by atoms with Crippen LogP contribution < -0.4 is 10.6 Å². The summed E-state index contributed by atoms with van der Waals surface area (Å²) in [6.07, 6.45) is 7.54. The predicted molar refractivity (Wildman–Crippen MR) is 115 cm³/mol. The molecular formula is C24H33N3O3. The lowest BCUT2D eigenvalue weighted by molar-refractivity contribution is -0.139. The molecule has 30 heavy (non-hydrogen) atoms. The summed E-state index contributed by atoms with van der Waals surface area (Å²) in [6.45, 7) is 5.76. The SMILES string of the molecule is C[C@H](NC(=O)CN1C(=O)NC2(C1=O)[C@H](C)CCC[C@H]2C)c1ccc2c(c1)CCCC2. The van der Waals surface area contributed by atoms with Gasteiger partial charge in [0.2, 0.25) is 5.91 Å². The Hall–Kier alpha value is -2.37. The molecule has 1 aliphatic heterocycles. The van der Waals surface area contributed by atoms with E-state index in [2.05, 4.69) is 28.8 Å². The highest BCUT2D eigenvalue weighted by atomic mass is 16.2. The van der Waals surface area contributed by atoms with Gasteiger partial charge in [0.05, 0.1) is 6.04 Å². The van der Waals surface area contributed by atoms with Gasteiger partial charge in [0.1, 0.15) is 12.1 Å². The Morgan fingerprint density at radius 3 is 2.50 bits per heavy atom. The van der Waals surface area contributed by atoms with Gasteiger partial charge in [0.15, 0.2) is 0 Å². The third kappa shape index (κ3) is 3.50. The standard InChI is InChI=1S/C24H33N3O3/c1-15-7-6-8-16(2)24(15)22(29)27(23(30)26-24)14-21(28)25-17(3)19-12-11-18-9-4-5-10-20(18)13-19/h11-13,15-17H,4-10,14H2,1-3H3,(H,25,28)(H,26,30)/t15-,16-,17+/m1/s1. The van der Waals surface area contributed by atoms with Crippen molar-refractivity contribution in [2.24, 2.45) is 11.8 Å². The molecular weight excluding hydrogens is 378 g/mol. The highest BCUT2D eigenvalue weighted by molar-refractivity contribution is 6.09. The molecule has 1 heterocycles. The van der Waals surface area contributed by atoms with Crippen molar-refractivity contribution in [3.8, 4) is 0 Å². The van der Waals surface area contributed by atoms with E-state index >= 15 is 0 Å². The van der Waals surface area contributed by atoms with Gasteiger partial charge in [-0.1, -0.05) is 38.5 Å². The van der Waals surface area contributed by atoms with E-state index in [9.17, 15) is 14.4 Å². The van der Waals surface area contributed by atoms with Crippen molar-refractivity contribution in [2.75, 3.05) is 6.54 Å².